The molecule has 1 fully saturated rings. The fraction of sp³-hybridized carbons (Fsp3) is 0.435. The number of alkyl halides is 3. The summed E-state index contributed by atoms with van der Waals surface area (Å²) >= 11 is 6.37. The summed E-state index contributed by atoms with van der Waals surface area (Å²) in [5.74, 6) is 2.06. The van der Waals surface area contributed by atoms with Crippen molar-refractivity contribution in [2.45, 2.75) is 30.1 Å². The predicted octanol–water partition coefficient (Wildman–Crippen LogP) is 6.18. The number of fused-ring (bicyclic) bond motifs is 1. The molecule has 5 rings (SSSR count). The first kappa shape index (κ1) is 24.8. The number of aromatic nitrogens is 5. The molecule has 4 heterocycles. The van der Waals surface area contributed by atoms with Gasteiger partial charge in [-0.3, -0.25) is 4.68 Å². The normalized spacial score (nSPS) is 17.1. The summed E-state index contributed by atoms with van der Waals surface area (Å²) in [5.41, 5.74) is 0.537. The maximum absolute atomic E-state index is 13.3. The number of thioether (sulfide) groups is 1. The van der Waals surface area contributed by atoms with Crippen LogP contribution in [-0.2, 0) is 20.3 Å². The summed E-state index contributed by atoms with van der Waals surface area (Å²) in [7, 11) is 3.38. The molecule has 186 valence electrons. The SMILES string of the molecule is Cn1c(SCCCN2CC[C@@H](c3ccc(Br)cc3)C2)nnc1-c1cc2c(C(F)(F)F)nn(C)c2s1. The van der Waals surface area contributed by atoms with Crippen LogP contribution < -0.4 is 0 Å². The lowest BCUT2D eigenvalue weighted by Crippen LogP contribution is -2.22. The number of aryl methyl sites for hydroxylation is 1. The lowest BCUT2D eigenvalue weighted by atomic mass is 9.99. The molecule has 0 spiro atoms. The molecule has 3 aromatic heterocycles. The standard InChI is InChI=1S/C23H24BrF3N6S2/c1-31-20(18-12-17-19(23(25,26)27)30-32(2)21(17)35-18)28-29-22(31)34-11-3-9-33-10-8-15(13-33)14-4-6-16(24)7-5-14/h4-7,12,15H,3,8-11,13H2,1-2H3/t15-/m1/s1. The minimum atomic E-state index is -4.49. The molecular formula is C23H24BrF3N6S2. The third-order valence-corrected chi connectivity index (χ3v) is 9.13. The maximum atomic E-state index is 13.3. The monoisotopic (exact) mass is 584 g/mol. The Bertz CT molecular complexity index is 1330. The highest BCUT2D eigenvalue weighted by atomic mass is 79.9. The van der Waals surface area contributed by atoms with Crippen molar-refractivity contribution < 1.29 is 13.2 Å². The van der Waals surface area contributed by atoms with Gasteiger partial charge in [-0.1, -0.05) is 39.8 Å². The van der Waals surface area contributed by atoms with Crippen molar-refractivity contribution in [3.05, 3.63) is 46.1 Å². The second kappa shape index (κ2) is 9.87. The van der Waals surface area contributed by atoms with Crippen LogP contribution in [0.1, 0.15) is 30.0 Å². The predicted molar refractivity (Wildman–Crippen MR) is 137 cm³/mol. The van der Waals surface area contributed by atoms with Crippen LogP contribution in [0.2, 0.25) is 0 Å². The Morgan fingerprint density at radius 1 is 1.17 bits per heavy atom. The minimum absolute atomic E-state index is 0.101. The molecule has 0 bridgehead atoms. The molecular weight excluding hydrogens is 561 g/mol. The van der Waals surface area contributed by atoms with E-state index in [-0.39, 0.29) is 5.39 Å². The van der Waals surface area contributed by atoms with Gasteiger partial charge in [0.25, 0.3) is 0 Å². The van der Waals surface area contributed by atoms with Gasteiger partial charge >= 0.3 is 6.18 Å². The lowest BCUT2D eigenvalue weighted by Gasteiger charge is -2.16. The molecule has 0 amide bonds. The topological polar surface area (TPSA) is 51.8 Å². The van der Waals surface area contributed by atoms with Crippen molar-refractivity contribution in [2.75, 3.05) is 25.4 Å². The van der Waals surface area contributed by atoms with E-state index in [1.165, 1.54) is 41.1 Å². The van der Waals surface area contributed by atoms with Gasteiger partial charge in [-0.25, -0.2) is 0 Å². The first-order valence-corrected chi connectivity index (χ1v) is 13.8. The quantitative estimate of drug-likeness (QED) is 0.192. The molecule has 1 aliphatic heterocycles. The van der Waals surface area contributed by atoms with Gasteiger partial charge in [0.2, 0.25) is 0 Å². The molecule has 0 unspecified atom stereocenters. The molecule has 0 radical (unpaired) electrons. The molecule has 1 atom stereocenters. The van der Waals surface area contributed by atoms with Crippen LogP contribution >= 0.6 is 39.0 Å². The number of benzene rings is 1. The van der Waals surface area contributed by atoms with Crippen molar-refractivity contribution in [3.8, 4) is 10.7 Å². The van der Waals surface area contributed by atoms with E-state index in [0.29, 0.717) is 21.4 Å². The molecule has 0 saturated carbocycles. The Hall–Kier alpha value is -1.89. The van der Waals surface area contributed by atoms with Crippen LogP contribution in [0.4, 0.5) is 13.2 Å². The molecule has 6 nitrogen and oxygen atoms in total. The van der Waals surface area contributed by atoms with Crippen LogP contribution in [-0.4, -0.2) is 54.8 Å². The van der Waals surface area contributed by atoms with Crippen molar-refractivity contribution in [1.82, 2.24) is 29.4 Å². The Balaban J connectivity index is 1.17. The number of nitrogens with zero attached hydrogens (tertiary/aromatic N) is 6. The third-order valence-electron chi connectivity index (χ3n) is 6.30. The van der Waals surface area contributed by atoms with Crippen molar-refractivity contribution in [2.24, 2.45) is 14.1 Å². The Morgan fingerprint density at radius 3 is 2.69 bits per heavy atom. The zero-order valence-electron chi connectivity index (χ0n) is 19.2. The zero-order valence-corrected chi connectivity index (χ0v) is 22.4. The molecule has 4 aromatic rings. The van der Waals surface area contributed by atoms with Gasteiger partial charge < -0.3 is 9.47 Å². The fourth-order valence-electron chi connectivity index (χ4n) is 4.51. The van der Waals surface area contributed by atoms with Gasteiger partial charge in [-0.15, -0.1) is 21.5 Å². The van der Waals surface area contributed by atoms with Crippen molar-refractivity contribution in [3.63, 3.8) is 0 Å². The van der Waals surface area contributed by atoms with Crippen LogP contribution in [0.25, 0.3) is 20.9 Å². The second-order valence-electron chi connectivity index (χ2n) is 8.70. The highest BCUT2D eigenvalue weighted by Gasteiger charge is 2.37. The number of rotatable bonds is 7. The van der Waals surface area contributed by atoms with E-state index in [1.54, 1.807) is 11.8 Å². The van der Waals surface area contributed by atoms with E-state index in [9.17, 15) is 13.2 Å². The fourth-order valence-corrected chi connectivity index (χ4v) is 6.70. The van der Waals surface area contributed by atoms with E-state index in [2.05, 4.69) is 60.4 Å². The van der Waals surface area contributed by atoms with E-state index >= 15 is 0 Å². The largest absolute Gasteiger partial charge is 0.435 e. The highest BCUT2D eigenvalue weighted by Crippen LogP contribution is 2.40. The lowest BCUT2D eigenvalue weighted by molar-refractivity contribution is -0.140. The molecule has 1 saturated heterocycles. The first-order chi connectivity index (χ1) is 16.7. The van der Waals surface area contributed by atoms with Crippen LogP contribution in [0.5, 0.6) is 0 Å². The summed E-state index contributed by atoms with van der Waals surface area (Å²) in [5, 5.41) is 13.1. The number of hydrogen-bond donors (Lipinski definition) is 0. The van der Waals surface area contributed by atoms with Gasteiger partial charge in [0, 0.05) is 36.3 Å². The minimum Gasteiger partial charge on any atom is -0.304 e. The van der Waals surface area contributed by atoms with Gasteiger partial charge in [-0.2, -0.15) is 18.3 Å². The summed E-state index contributed by atoms with van der Waals surface area (Å²) in [6, 6.07) is 10.1. The Labute approximate surface area is 217 Å². The van der Waals surface area contributed by atoms with E-state index in [4.69, 9.17) is 0 Å². The molecule has 1 aromatic carbocycles. The molecule has 12 heteroatoms. The van der Waals surface area contributed by atoms with Crippen molar-refractivity contribution >= 4 is 49.2 Å². The molecule has 0 aliphatic carbocycles. The summed E-state index contributed by atoms with van der Waals surface area (Å²) in [6.07, 6.45) is -2.28. The first-order valence-electron chi connectivity index (χ1n) is 11.2. The average molecular weight is 586 g/mol. The van der Waals surface area contributed by atoms with E-state index < -0.39 is 11.9 Å². The van der Waals surface area contributed by atoms with Gasteiger partial charge in [0.1, 0.15) is 4.83 Å². The third kappa shape index (κ3) is 5.16. The maximum Gasteiger partial charge on any atom is 0.435 e. The van der Waals surface area contributed by atoms with Gasteiger partial charge in [0.15, 0.2) is 16.7 Å². The Morgan fingerprint density at radius 2 is 1.94 bits per heavy atom. The van der Waals surface area contributed by atoms with E-state index in [1.807, 2.05) is 11.6 Å². The number of likely N-dealkylation sites (tertiary alicyclic amines) is 1. The van der Waals surface area contributed by atoms with Gasteiger partial charge in [-0.05, 0) is 55.6 Å². The summed E-state index contributed by atoms with van der Waals surface area (Å²) < 4.78 is 44.2. The van der Waals surface area contributed by atoms with Gasteiger partial charge in [0.05, 0.1) is 4.88 Å². The highest BCUT2D eigenvalue weighted by molar-refractivity contribution is 9.10. The summed E-state index contributed by atoms with van der Waals surface area (Å²) in [6.45, 7) is 3.23. The Kier molecular flexibility index (Phi) is 6.99. The zero-order chi connectivity index (χ0) is 24.7. The average Bonchev–Trinajstić information content (AvgIpc) is 3.57. The smallest absolute Gasteiger partial charge is 0.304 e. The molecule has 35 heavy (non-hydrogen) atoms. The van der Waals surface area contributed by atoms with Crippen molar-refractivity contribution in [1.29, 1.82) is 0 Å². The summed E-state index contributed by atoms with van der Waals surface area (Å²) in [4.78, 5) is 3.63. The molecule has 0 N–H and O–H groups in total. The van der Waals surface area contributed by atoms with Crippen LogP contribution in [0.3, 0.4) is 0 Å². The molecule has 1 aliphatic rings. The van der Waals surface area contributed by atoms with Crippen LogP contribution in [0, 0.1) is 0 Å². The number of hydrogen-bond acceptors (Lipinski definition) is 6. The number of thiophene rings is 1. The van der Waals surface area contributed by atoms with Crippen LogP contribution in [0.15, 0.2) is 40.0 Å². The second-order valence-corrected chi connectivity index (χ2v) is 11.7. The number of halogens is 4. The van der Waals surface area contributed by atoms with E-state index in [0.717, 1.165) is 41.4 Å².